The van der Waals surface area contributed by atoms with Crippen LogP contribution in [0, 0.1) is 19.8 Å². The molecule has 0 radical (unpaired) electrons. The maximum Gasteiger partial charge on any atom is 0.240 e. The van der Waals surface area contributed by atoms with Crippen molar-refractivity contribution >= 4 is 22.4 Å². The molecule has 0 saturated heterocycles. The highest BCUT2D eigenvalue weighted by atomic mass is 32.1. The molecule has 0 unspecified atom stereocenters. The fourth-order valence-electron chi connectivity index (χ4n) is 1.40. The summed E-state index contributed by atoms with van der Waals surface area (Å²) in [6, 6.07) is 0. The van der Waals surface area contributed by atoms with Gasteiger partial charge in [0.25, 0.3) is 0 Å². The van der Waals surface area contributed by atoms with E-state index in [2.05, 4.69) is 15.6 Å². The summed E-state index contributed by atoms with van der Waals surface area (Å²) in [6.07, 6.45) is 2.61. The molecule has 16 heavy (non-hydrogen) atoms. The minimum atomic E-state index is -0.00519. The molecule has 1 amide bonds. The third-order valence-corrected chi connectivity index (χ3v) is 3.68. The molecule has 2 N–H and O–H groups in total. The lowest BCUT2D eigenvalue weighted by molar-refractivity contribution is -0.115. The Bertz CT molecular complexity index is 365. The van der Waals surface area contributed by atoms with Gasteiger partial charge in [-0.1, -0.05) is 0 Å². The highest BCUT2D eigenvalue weighted by molar-refractivity contribution is 7.15. The molecule has 1 aromatic heterocycles. The molecule has 0 spiro atoms. The number of carbonyl (C=O) groups is 1. The van der Waals surface area contributed by atoms with Gasteiger partial charge in [0.2, 0.25) is 5.91 Å². The molecule has 2 rings (SSSR count). The molecule has 1 fully saturated rings. The summed E-state index contributed by atoms with van der Waals surface area (Å²) in [4.78, 5) is 16.9. The molecular formula is C11H17N3OS. The summed E-state index contributed by atoms with van der Waals surface area (Å²) in [6.45, 7) is 5.30. The highest BCUT2D eigenvalue weighted by Crippen LogP contribution is 2.27. The van der Waals surface area contributed by atoms with Crippen molar-refractivity contribution in [2.24, 2.45) is 5.92 Å². The van der Waals surface area contributed by atoms with Gasteiger partial charge in [0.1, 0.15) is 0 Å². The lowest BCUT2D eigenvalue weighted by atomic mass is 10.4. The van der Waals surface area contributed by atoms with Crippen molar-refractivity contribution in [2.75, 3.05) is 18.4 Å². The van der Waals surface area contributed by atoms with E-state index in [4.69, 9.17) is 0 Å². The smallest absolute Gasteiger partial charge is 0.240 e. The Morgan fingerprint density at radius 2 is 2.25 bits per heavy atom. The van der Waals surface area contributed by atoms with E-state index in [1.807, 2.05) is 13.8 Å². The molecule has 4 nitrogen and oxygen atoms in total. The first kappa shape index (κ1) is 11.5. The predicted molar refractivity (Wildman–Crippen MR) is 65.8 cm³/mol. The average Bonchev–Trinajstić information content (AvgIpc) is 2.96. The predicted octanol–water partition coefficient (Wildman–Crippen LogP) is 1.70. The largest absolute Gasteiger partial charge is 0.308 e. The second kappa shape index (κ2) is 4.93. The Balaban J connectivity index is 1.72. The molecule has 0 aliphatic heterocycles. The van der Waals surface area contributed by atoms with Gasteiger partial charge in [-0.25, -0.2) is 4.98 Å². The molecule has 0 aromatic carbocycles. The van der Waals surface area contributed by atoms with Crippen molar-refractivity contribution < 1.29 is 4.79 Å². The van der Waals surface area contributed by atoms with E-state index in [-0.39, 0.29) is 5.91 Å². The van der Waals surface area contributed by atoms with Gasteiger partial charge in [0.05, 0.1) is 12.2 Å². The summed E-state index contributed by atoms with van der Waals surface area (Å²) in [5.74, 6) is 0.798. The third kappa shape index (κ3) is 3.28. The van der Waals surface area contributed by atoms with Gasteiger partial charge in [-0.3, -0.25) is 4.79 Å². The van der Waals surface area contributed by atoms with E-state index in [0.717, 1.165) is 23.0 Å². The molecule has 1 aliphatic carbocycles. The van der Waals surface area contributed by atoms with E-state index in [0.29, 0.717) is 11.7 Å². The van der Waals surface area contributed by atoms with Crippen LogP contribution in [0.2, 0.25) is 0 Å². The van der Waals surface area contributed by atoms with Crippen molar-refractivity contribution in [2.45, 2.75) is 26.7 Å². The van der Waals surface area contributed by atoms with Crippen molar-refractivity contribution in [3.8, 4) is 0 Å². The molecule has 5 heteroatoms. The summed E-state index contributed by atoms with van der Waals surface area (Å²) in [5.41, 5.74) is 0.992. The zero-order chi connectivity index (χ0) is 11.5. The second-order valence-electron chi connectivity index (χ2n) is 4.28. The van der Waals surface area contributed by atoms with Crippen LogP contribution in [-0.2, 0) is 4.79 Å². The van der Waals surface area contributed by atoms with Gasteiger partial charge in [-0.05, 0) is 39.2 Å². The zero-order valence-electron chi connectivity index (χ0n) is 9.67. The monoisotopic (exact) mass is 239 g/mol. The lowest BCUT2D eigenvalue weighted by Gasteiger charge is -2.02. The Labute approximate surface area is 99.5 Å². The van der Waals surface area contributed by atoms with Crippen LogP contribution in [0.15, 0.2) is 0 Å². The summed E-state index contributed by atoms with van der Waals surface area (Å²) in [5, 5.41) is 6.66. The van der Waals surface area contributed by atoms with Gasteiger partial charge in [0, 0.05) is 4.88 Å². The van der Waals surface area contributed by atoms with E-state index >= 15 is 0 Å². The van der Waals surface area contributed by atoms with Crippen LogP contribution in [0.5, 0.6) is 0 Å². The normalized spacial score (nSPS) is 15.1. The number of anilines is 1. The first-order valence-corrected chi connectivity index (χ1v) is 6.41. The molecule has 1 heterocycles. The van der Waals surface area contributed by atoms with Crippen molar-refractivity contribution in [1.82, 2.24) is 10.3 Å². The topological polar surface area (TPSA) is 54.0 Å². The molecule has 1 aromatic rings. The standard InChI is InChI=1S/C11H17N3OS/c1-7-8(2)16-11(13-7)14-10(15)6-12-5-9-3-4-9/h9,12H,3-6H2,1-2H3,(H,13,14,15). The second-order valence-corrected chi connectivity index (χ2v) is 5.49. The number of nitrogens with one attached hydrogen (secondary N) is 2. The number of thiazole rings is 1. The fourth-order valence-corrected chi connectivity index (χ4v) is 2.23. The van der Waals surface area contributed by atoms with Crippen LogP contribution < -0.4 is 10.6 Å². The van der Waals surface area contributed by atoms with E-state index in [1.54, 1.807) is 0 Å². The molecular weight excluding hydrogens is 222 g/mol. The quantitative estimate of drug-likeness (QED) is 0.822. The first-order valence-electron chi connectivity index (χ1n) is 5.59. The number of rotatable bonds is 5. The fraction of sp³-hybridized carbons (Fsp3) is 0.636. The molecule has 1 saturated carbocycles. The summed E-state index contributed by atoms with van der Waals surface area (Å²) >= 11 is 1.52. The summed E-state index contributed by atoms with van der Waals surface area (Å²) < 4.78 is 0. The van der Waals surface area contributed by atoms with Crippen molar-refractivity contribution in [1.29, 1.82) is 0 Å². The van der Waals surface area contributed by atoms with Crippen LogP contribution in [-0.4, -0.2) is 24.0 Å². The van der Waals surface area contributed by atoms with Crippen LogP contribution in [0.1, 0.15) is 23.4 Å². The number of carbonyl (C=O) groups excluding carboxylic acids is 1. The van der Waals surface area contributed by atoms with Gasteiger partial charge in [-0.2, -0.15) is 0 Å². The third-order valence-electron chi connectivity index (χ3n) is 2.69. The van der Waals surface area contributed by atoms with E-state index < -0.39 is 0 Å². The van der Waals surface area contributed by atoms with Crippen molar-refractivity contribution in [3.05, 3.63) is 10.6 Å². The van der Waals surface area contributed by atoms with E-state index in [1.165, 1.54) is 24.2 Å². The minimum Gasteiger partial charge on any atom is -0.308 e. The number of amides is 1. The maximum atomic E-state index is 11.5. The zero-order valence-corrected chi connectivity index (χ0v) is 10.5. The Hall–Kier alpha value is -0.940. The van der Waals surface area contributed by atoms with Crippen LogP contribution >= 0.6 is 11.3 Å². The molecule has 0 bridgehead atoms. The highest BCUT2D eigenvalue weighted by Gasteiger charge is 2.20. The number of hydrogen-bond donors (Lipinski definition) is 2. The van der Waals surface area contributed by atoms with Gasteiger partial charge in [-0.15, -0.1) is 11.3 Å². The van der Waals surface area contributed by atoms with Crippen LogP contribution in [0.4, 0.5) is 5.13 Å². The Morgan fingerprint density at radius 1 is 1.50 bits per heavy atom. The number of aromatic nitrogens is 1. The minimum absolute atomic E-state index is 0.00519. The van der Waals surface area contributed by atoms with Crippen LogP contribution in [0.3, 0.4) is 0 Å². The lowest BCUT2D eigenvalue weighted by Crippen LogP contribution is -2.29. The Morgan fingerprint density at radius 3 is 2.81 bits per heavy atom. The molecule has 1 aliphatic rings. The van der Waals surface area contributed by atoms with Gasteiger partial charge in [0.15, 0.2) is 5.13 Å². The molecule has 0 atom stereocenters. The SMILES string of the molecule is Cc1nc(NC(=O)CNCC2CC2)sc1C. The first-order chi connectivity index (χ1) is 7.65. The van der Waals surface area contributed by atoms with Gasteiger partial charge >= 0.3 is 0 Å². The number of hydrogen-bond acceptors (Lipinski definition) is 4. The number of aryl methyl sites for hydroxylation is 2. The van der Waals surface area contributed by atoms with Gasteiger partial charge < -0.3 is 10.6 Å². The average molecular weight is 239 g/mol. The van der Waals surface area contributed by atoms with Crippen molar-refractivity contribution in [3.63, 3.8) is 0 Å². The van der Waals surface area contributed by atoms with Crippen LogP contribution in [0.25, 0.3) is 0 Å². The number of nitrogens with zero attached hydrogens (tertiary/aromatic N) is 1. The summed E-state index contributed by atoms with van der Waals surface area (Å²) in [7, 11) is 0. The maximum absolute atomic E-state index is 11.5. The van der Waals surface area contributed by atoms with E-state index in [9.17, 15) is 4.79 Å². The molecule has 88 valence electrons. The Kier molecular flexibility index (Phi) is 3.56.